The van der Waals surface area contributed by atoms with Crippen LogP contribution in [-0.4, -0.2) is 47.0 Å². The van der Waals surface area contributed by atoms with Gasteiger partial charge in [0, 0.05) is 51.3 Å². The zero-order valence-corrected chi connectivity index (χ0v) is 18.0. The van der Waals surface area contributed by atoms with Gasteiger partial charge in [-0.2, -0.15) is 13.2 Å². The fraction of sp³-hybridized carbons (Fsp3) is 0.348. The van der Waals surface area contributed by atoms with E-state index in [1.807, 2.05) is 4.90 Å². The summed E-state index contributed by atoms with van der Waals surface area (Å²) in [6, 6.07) is 5.47. The Kier molecular flexibility index (Phi) is 6.80. The van der Waals surface area contributed by atoms with E-state index in [2.05, 4.69) is 9.97 Å². The van der Waals surface area contributed by atoms with Crippen LogP contribution in [0.1, 0.15) is 24.3 Å². The Morgan fingerprint density at radius 2 is 1.82 bits per heavy atom. The second-order valence-corrected chi connectivity index (χ2v) is 7.87. The molecule has 1 saturated heterocycles. The normalized spacial score (nSPS) is 14.9. The first-order chi connectivity index (χ1) is 16.2. The number of halogens is 5. The number of pyridine rings is 1. The van der Waals surface area contributed by atoms with E-state index < -0.39 is 23.4 Å². The molecule has 6 nitrogen and oxygen atoms in total. The minimum atomic E-state index is -4.44. The number of aromatic nitrogens is 2. The number of benzene rings is 1. The first kappa shape index (κ1) is 23.7. The van der Waals surface area contributed by atoms with Crippen molar-refractivity contribution in [3.05, 3.63) is 65.8 Å². The average molecular weight is 480 g/mol. The van der Waals surface area contributed by atoms with Crippen molar-refractivity contribution in [1.29, 1.82) is 0 Å². The van der Waals surface area contributed by atoms with Crippen molar-refractivity contribution in [2.75, 3.05) is 31.1 Å². The highest BCUT2D eigenvalue weighted by Crippen LogP contribution is 2.29. The van der Waals surface area contributed by atoms with Crippen LogP contribution in [0.4, 0.5) is 27.8 Å². The molecule has 3 aromatic rings. The average Bonchev–Trinajstić information content (AvgIpc) is 3.12. The summed E-state index contributed by atoms with van der Waals surface area (Å²) in [4.78, 5) is 24.2. The Hall–Kier alpha value is -3.50. The Balaban J connectivity index is 1.31. The minimum Gasteiger partial charge on any atom is -0.441 e. The molecule has 4 rings (SSSR count). The van der Waals surface area contributed by atoms with Gasteiger partial charge in [-0.1, -0.05) is 0 Å². The van der Waals surface area contributed by atoms with Crippen molar-refractivity contribution in [3.63, 3.8) is 0 Å². The van der Waals surface area contributed by atoms with E-state index in [4.69, 9.17) is 4.42 Å². The van der Waals surface area contributed by atoms with Crippen molar-refractivity contribution in [3.8, 4) is 11.3 Å². The van der Waals surface area contributed by atoms with Gasteiger partial charge >= 0.3 is 6.18 Å². The lowest BCUT2D eigenvalue weighted by molar-refractivity contribution is -0.137. The van der Waals surface area contributed by atoms with Crippen LogP contribution in [0.3, 0.4) is 0 Å². The maximum absolute atomic E-state index is 13.9. The third kappa shape index (κ3) is 5.52. The van der Waals surface area contributed by atoms with Crippen molar-refractivity contribution in [2.45, 2.75) is 25.4 Å². The number of oxazole rings is 1. The summed E-state index contributed by atoms with van der Waals surface area (Å²) in [5, 5.41) is 0. The predicted molar refractivity (Wildman–Crippen MR) is 113 cm³/mol. The minimum absolute atomic E-state index is 0.0796. The number of hydrogen-bond acceptors (Lipinski definition) is 5. The van der Waals surface area contributed by atoms with Gasteiger partial charge in [-0.25, -0.2) is 18.7 Å². The Morgan fingerprint density at radius 1 is 1.00 bits per heavy atom. The molecule has 1 aliphatic rings. The van der Waals surface area contributed by atoms with Gasteiger partial charge in [0.05, 0.1) is 17.3 Å². The predicted octanol–water partition coefficient (Wildman–Crippen LogP) is 4.71. The van der Waals surface area contributed by atoms with Gasteiger partial charge in [-0.05, 0) is 30.7 Å². The number of rotatable bonds is 5. The summed E-state index contributed by atoms with van der Waals surface area (Å²) in [7, 11) is 0. The number of carbonyl (C=O) groups excluding carboxylic acids is 1. The molecule has 2 aromatic heterocycles. The van der Waals surface area contributed by atoms with Gasteiger partial charge < -0.3 is 14.2 Å². The highest BCUT2D eigenvalue weighted by Gasteiger charge is 2.31. The topological polar surface area (TPSA) is 62.5 Å². The molecule has 0 N–H and O–H groups in total. The quantitative estimate of drug-likeness (QED) is 0.496. The smallest absolute Gasteiger partial charge is 0.417 e. The van der Waals surface area contributed by atoms with Gasteiger partial charge in [-0.15, -0.1) is 0 Å². The van der Waals surface area contributed by atoms with E-state index in [0.29, 0.717) is 38.4 Å². The van der Waals surface area contributed by atoms with Crippen LogP contribution >= 0.6 is 0 Å². The van der Waals surface area contributed by atoms with Gasteiger partial charge in [0.15, 0.2) is 11.7 Å². The molecule has 0 unspecified atom stereocenters. The Labute approximate surface area is 192 Å². The van der Waals surface area contributed by atoms with Crippen LogP contribution in [0, 0.1) is 11.6 Å². The monoisotopic (exact) mass is 480 g/mol. The molecular formula is C23H21F5N4O2. The summed E-state index contributed by atoms with van der Waals surface area (Å²) < 4.78 is 70.8. The van der Waals surface area contributed by atoms with E-state index in [-0.39, 0.29) is 36.0 Å². The molecule has 0 bridgehead atoms. The van der Waals surface area contributed by atoms with Gasteiger partial charge in [0.2, 0.25) is 5.91 Å². The molecule has 0 radical (unpaired) electrons. The highest BCUT2D eigenvalue weighted by atomic mass is 19.4. The number of alkyl halides is 3. The van der Waals surface area contributed by atoms with E-state index in [0.717, 1.165) is 24.4 Å². The standard InChI is InChI=1S/C23H21F5N4O2/c24-16-3-4-17(18(25)12-16)19-14-30-21(34-19)6-7-22(33)32-9-1-8-31(10-11-32)20-5-2-15(13-29-20)23(26,27)28/h2-5,12-14H,1,6-11H2. The summed E-state index contributed by atoms with van der Waals surface area (Å²) in [6.07, 6.45) is -1.32. The van der Waals surface area contributed by atoms with Crippen molar-refractivity contribution >= 4 is 11.7 Å². The van der Waals surface area contributed by atoms with Crippen LogP contribution in [0.5, 0.6) is 0 Å². The van der Waals surface area contributed by atoms with Crippen molar-refractivity contribution in [1.82, 2.24) is 14.9 Å². The number of nitrogens with zero attached hydrogens (tertiary/aromatic N) is 4. The number of hydrogen-bond donors (Lipinski definition) is 0. The fourth-order valence-electron chi connectivity index (χ4n) is 3.75. The van der Waals surface area contributed by atoms with Crippen molar-refractivity contribution < 1.29 is 31.2 Å². The third-order valence-electron chi connectivity index (χ3n) is 5.55. The lowest BCUT2D eigenvalue weighted by Crippen LogP contribution is -2.35. The molecule has 1 aromatic carbocycles. The molecule has 11 heteroatoms. The fourth-order valence-corrected chi connectivity index (χ4v) is 3.75. The maximum Gasteiger partial charge on any atom is 0.417 e. The largest absolute Gasteiger partial charge is 0.441 e. The van der Waals surface area contributed by atoms with E-state index in [1.165, 1.54) is 18.3 Å². The number of aryl methyl sites for hydroxylation is 1. The highest BCUT2D eigenvalue weighted by molar-refractivity contribution is 5.76. The Morgan fingerprint density at radius 3 is 2.53 bits per heavy atom. The van der Waals surface area contributed by atoms with Gasteiger partial charge in [0.25, 0.3) is 0 Å². The summed E-state index contributed by atoms with van der Waals surface area (Å²) in [5.41, 5.74) is -0.726. The van der Waals surface area contributed by atoms with Gasteiger partial charge in [-0.3, -0.25) is 4.79 Å². The molecule has 1 amide bonds. The van der Waals surface area contributed by atoms with E-state index in [1.54, 1.807) is 4.90 Å². The van der Waals surface area contributed by atoms with Crippen LogP contribution in [0.15, 0.2) is 47.1 Å². The molecule has 0 saturated carbocycles. The van der Waals surface area contributed by atoms with Crippen LogP contribution < -0.4 is 4.90 Å². The van der Waals surface area contributed by atoms with Gasteiger partial charge in [0.1, 0.15) is 17.5 Å². The molecule has 180 valence electrons. The number of carbonyl (C=O) groups is 1. The number of anilines is 1. The lowest BCUT2D eigenvalue weighted by Gasteiger charge is -2.23. The van der Waals surface area contributed by atoms with Crippen LogP contribution in [0.2, 0.25) is 0 Å². The zero-order valence-electron chi connectivity index (χ0n) is 18.0. The molecule has 0 spiro atoms. The molecule has 1 fully saturated rings. The van der Waals surface area contributed by atoms with E-state index in [9.17, 15) is 26.7 Å². The van der Waals surface area contributed by atoms with Crippen LogP contribution in [-0.2, 0) is 17.4 Å². The lowest BCUT2D eigenvalue weighted by atomic mass is 10.2. The van der Waals surface area contributed by atoms with E-state index >= 15 is 0 Å². The first-order valence-corrected chi connectivity index (χ1v) is 10.7. The summed E-state index contributed by atoms with van der Waals surface area (Å²) in [5.74, 6) is -0.739. The van der Waals surface area contributed by atoms with Crippen LogP contribution in [0.25, 0.3) is 11.3 Å². The second-order valence-electron chi connectivity index (χ2n) is 7.87. The Bertz CT molecular complexity index is 1150. The zero-order chi connectivity index (χ0) is 24.3. The molecule has 0 atom stereocenters. The molecular weight excluding hydrogens is 459 g/mol. The number of amides is 1. The SMILES string of the molecule is O=C(CCc1ncc(-c2ccc(F)cc2F)o1)N1CCCN(c2ccc(C(F)(F)F)cn2)CC1. The molecule has 34 heavy (non-hydrogen) atoms. The molecule has 0 aliphatic carbocycles. The molecule has 1 aliphatic heterocycles. The second kappa shape index (κ2) is 9.78. The third-order valence-corrected chi connectivity index (χ3v) is 5.55. The maximum atomic E-state index is 13.9. The van der Waals surface area contributed by atoms with Crippen molar-refractivity contribution in [2.24, 2.45) is 0 Å². The summed E-state index contributed by atoms with van der Waals surface area (Å²) >= 11 is 0. The first-order valence-electron chi connectivity index (χ1n) is 10.7. The summed E-state index contributed by atoms with van der Waals surface area (Å²) in [6.45, 7) is 1.92. The molecule has 3 heterocycles.